The van der Waals surface area contributed by atoms with Crippen molar-refractivity contribution in [3.05, 3.63) is 18.2 Å². The van der Waals surface area contributed by atoms with Crippen LogP contribution in [0, 0.1) is 10.8 Å². The van der Waals surface area contributed by atoms with Crippen LogP contribution in [0.3, 0.4) is 0 Å². The maximum Gasteiger partial charge on any atom is 0.306 e. The summed E-state index contributed by atoms with van der Waals surface area (Å²) in [7, 11) is 0. The minimum absolute atomic E-state index is 0.0337. The number of H-pyrrole nitrogens is 1. The highest BCUT2D eigenvalue weighted by Crippen LogP contribution is 2.19. The van der Waals surface area contributed by atoms with Gasteiger partial charge in [-0.25, -0.2) is 4.98 Å². The fourth-order valence-corrected chi connectivity index (χ4v) is 10.8. The molecule has 1 rings (SSSR count). The fraction of sp³-hybridized carbons (Fsp3) is 0.848. The summed E-state index contributed by atoms with van der Waals surface area (Å²) < 4.78 is 11.7. The van der Waals surface area contributed by atoms with Gasteiger partial charge in [0.05, 0.1) is 25.1 Å². The number of aliphatic hydroxyl groups is 1. The number of amides is 3. The predicted octanol–water partition coefficient (Wildman–Crippen LogP) is 10.1. The van der Waals surface area contributed by atoms with Crippen LogP contribution in [0.5, 0.6) is 0 Å². The van der Waals surface area contributed by atoms with Crippen molar-refractivity contribution in [3.63, 3.8) is 0 Å². The van der Waals surface area contributed by atoms with Crippen LogP contribution >= 0.6 is 0 Å². The number of aromatic nitrogens is 2. The van der Waals surface area contributed by atoms with Gasteiger partial charge < -0.3 is 68.2 Å². The Morgan fingerprint density at radius 3 is 1.52 bits per heavy atom. The van der Waals surface area contributed by atoms with Crippen molar-refractivity contribution in [1.82, 2.24) is 41.5 Å². The number of aliphatic hydroxyl groups excluding tert-OH is 1. The number of unbranched alkanes of at least 4 members (excludes halogenated alkanes) is 25. The Balaban J connectivity index is 2.82. The number of carbonyl (C=O) groups excluding carboxylic acids is 5. The van der Waals surface area contributed by atoms with Crippen molar-refractivity contribution in [1.29, 1.82) is 10.8 Å². The van der Waals surface area contributed by atoms with E-state index in [2.05, 4.69) is 62.2 Å². The number of imidazole rings is 1. The molecule has 4 atom stereocenters. The monoisotopic (exact) mass is 1230 g/mol. The van der Waals surface area contributed by atoms with E-state index in [0.717, 1.165) is 103 Å². The average molecular weight is 1230 g/mol. The van der Waals surface area contributed by atoms with Gasteiger partial charge in [0.1, 0.15) is 18.2 Å². The Hall–Kier alpha value is -5.02. The SMILES string of the molecule is CCCCCCCCCCCOC(=O)CCCCCN(CCCCCCCC(=O)OC(CCCCCCCC)CCCCCCCC)CC(O)CCCCNC(=O)[C@H](CCCNC(=N)N)NC(=O)[C@H](CCCNC(=N)N)NC(=O)[C@H](N)Cc1cnc[nH]1. The maximum absolute atomic E-state index is 13.9. The number of carbonyl (C=O) groups is 5. The smallest absolute Gasteiger partial charge is 0.306 e. The minimum atomic E-state index is -1.05. The third kappa shape index (κ3) is 48.6. The number of hydrogen-bond acceptors (Lipinski definition) is 13. The highest BCUT2D eigenvalue weighted by atomic mass is 16.5. The molecule has 0 spiro atoms. The Morgan fingerprint density at radius 1 is 0.540 bits per heavy atom. The first-order chi connectivity index (χ1) is 42.2. The van der Waals surface area contributed by atoms with Crippen LogP contribution in [-0.4, -0.2) is 138 Å². The molecule has 15 N–H and O–H groups in total. The van der Waals surface area contributed by atoms with Crippen molar-refractivity contribution < 1.29 is 38.6 Å². The van der Waals surface area contributed by atoms with Gasteiger partial charge in [-0.15, -0.1) is 0 Å². The highest BCUT2D eigenvalue weighted by Gasteiger charge is 2.28. The van der Waals surface area contributed by atoms with Crippen molar-refractivity contribution >= 4 is 41.6 Å². The molecule has 21 nitrogen and oxygen atoms in total. The number of rotatable bonds is 61. The Bertz CT molecular complexity index is 1860. The molecular formula is C66H127N13O8. The van der Waals surface area contributed by atoms with Gasteiger partial charge in [-0.1, -0.05) is 162 Å². The van der Waals surface area contributed by atoms with Crippen LogP contribution < -0.4 is 43.8 Å². The molecular weight excluding hydrogens is 1100 g/mol. The lowest BCUT2D eigenvalue weighted by molar-refractivity contribution is -0.150. The number of esters is 2. The topological polar surface area (TPSA) is 342 Å². The molecule has 0 aliphatic rings. The molecule has 3 amide bonds. The molecule has 0 radical (unpaired) electrons. The summed E-state index contributed by atoms with van der Waals surface area (Å²) in [6.07, 6.45) is 41.5. The van der Waals surface area contributed by atoms with Gasteiger partial charge in [0, 0.05) is 57.3 Å². The normalized spacial score (nSPS) is 12.8. The molecule has 1 aromatic heterocycles. The molecule has 0 saturated heterocycles. The van der Waals surface area contributed by atoms with Crippen LogP contribution in [-0.2, 0) is 39.9 Å². The van der Waals surface area contributed by atoms with Crippen molar-refractivity contribution in [2.45, 2.75) is 314 Å². The highest BCUT2D eigenvalue weighted by molar-refractivity contribution is 5.93. The summed E-state index contributed by atoms with van der Waals surface area (Å²) in [6.45, 7) is 10.3. The standard InChI is InChI=1S/C66H127N13O8/c1-4-7-10-13-16-17-18-24-34-49-86-60(81)42-29-25-33-48-79(47-32-23-19-22-28-43-61(82)87-56(38-26-20-14-11-8-5-2)39-27-21-15-12-9-6-3)52-55(80)37-30-31-44-73-63(84)58(40-35-45-74-65(68)69)78-64(85)59(41-36-46-75-66(70)71)77-62(83)57(67)50-54-51-72-53-76-54/h51,53,55-59,80H,4-50,52,67H2,1-3H3,(H,72,76)(H,73,84)(H,77,83)(H,78,85)(H4,68,69,74)(H4,70,71,75)/t55?,57-,58+,59+/m1/s1. The zero-order valence-corrected chi connectivity index (χ0v) is 54.9. The predicted molar refractivity (Wildman–Crippen MR) is 352 cm³/mol. The van der Waals surface area contributed by atoms with Gasteiger partial charge in [-0.3, -0.25) is 34.8 Å². The summed E-state index contributed by atoms with van der Waals surface area (Å²) >= 11 is 0. The van der Waals surface area contributed by atoms with E-state index in [-0.39, 0.29) is 55.8 Å². The van der Waals surface area contributed by atoms with E-state index < -0.39 is 42.0 Å². The molecule has 0 aromatic carbocycles. The van der Waals surface area contributed by atoms with Crippen molar-refractivity contribution in [3.8, 4) is 0 Å². The number of nitrogens with zero attached hydrogens (tertiary/aromatic N) is 2. The molecule has 0 aliphatic carbocycles. The zero-order valence-electron chi connectivity index (χ0n) is 54.9. The van der Waals surface area contributed by atoms with Crippen LogP contribution in [0.2, 0.25) is 0 Å². The molecule has 504 valence electrons. The second-order valence-corrected chi connectivity index (χ2v) is 24.3. The number of nitrogens with one attached hydrogen (secondary N) is 8. The van der Waals surface area contributed by atoms with E-state index >= 15 is 0 Å². The lowest BCUT2D eigenvalue weighted by atomic mass is 10.0. The molecule has 1 unspecified atom stereocenters. The minimum Gasteiger partial charge on any atom is -0.466 e. The Morgan fingerprint density at radius 2 is 0.989 bits per heavy atom. The molecule has 0 fully saturated rings. The van der Waals surface area contributed by atoms with Gasteiger partial charge in [0.25, 0.3) is 0 Å². The Labute approximate surface area is 526 Å². The van der Waals surface area contributed by atoms with Gasteiger partial charge in [0.15, 0.2) is 11.9 Å². The van der Waals surface area contributed by atoms with E-state index in [4.69, 9.17) is 37.5 Å². The van der Waals surface area contributed by atoms with Crippen molar-refractivity contribution in [2.75, 3.05) is 45.9 Å². The summed E-state index contributed by atoms with van der Waals surface area (Å²) in [4.78, 5) is 75.6. The van der Waals surface area contributed by atoms with Crippen LogP contribution in [0.15, 0.2) is 12.5 Å². The summed E-state index contributed by atoms with van der Waals surface area (Å²) in [5.74, 6) is -2.16. The van der Waals surface area contributed by atoms with E-state index in [1.54, 1.807) is 6.20 Å². The second kappa shape index (κ2) is 56.2. The number of nitrogens with two attached hydrogens (primary N) is 3. The first kappa shape index (κ1) is 80.0. The summed E-state index contributed by atoms with van der Waals surface area (Å²) in [6, 6.07) is -3.00. The van der Waals surface area contributed by atoms with E-state index in [0.29, 0.717) is 76.9 Å². The van der Waals surface area contributed by atoms with Crippen LogP contribution in [0.25, 0.3) is 0 Å². The van der Waals surface area contributed by atoms with E-state index in [1.165, 1.54) is 115 Å². The first-order valence-electron chi connectivity index (χ1n) is 34.7. The van der Waals surface area contributed by atoms with Crippen LogP contribution in [0.4, 0.5) is 0 Å². The van der Waals surface area contributed by atoms with Gasteiger partial charge in [-0.05, 0) is 116 Å². The Kier molecular flexibility index (Phi) is 51.7. The number of aromatic amines is 1. The average Bonchev–Trinajstić information content (AvgIpc) is 4.20. The molecule has 0 aliphatic heterocycles. The van der Waals surface area contributed by atoms with Gasteiger partial charge in [0.2, 0.25) is 17.7 Å². The molecule has 87 heavy (non-hydrogen) atoms. The largest absolute Gasteiger partial charge is 0.466 e. The maximum atomic E-state index is 13.9. The molecule has 21 heteroatoms. The summed E-state index contributed by atoms with van der Waals surface area (Å²) in [5, 5.41) is 40.3. The third-order valence-corrected chi connectivity index (χ3v) is 16.1. The second-order valence-electron chi connectivity index (χ2n) is 24.3. The van der Waals surface area contributed by atoms with E-state index in [9.17, 15) is 29.1 Å². The first-order valence-corrected chi connectivity index (χ1v) is 34.7. The lowest BCUT2D eigenvalue weighted by Crippen LogP contribution is -2.56. The van der Waals surface area contributed by atoms with Crippen molar-refractivity contribution in [2.24, 2.45) is 17.2 Å². The van der Waals surface area contributed by atoms with Gasteiger partial charge in [-0.2, -0.15) is 0 Å². The number of ether oxygens (including phenoxy) is 2. The van der Waals surface area contributed by atoms with E-state index in [1.807, 2.05) is 0 Å². The van der Waals surface area contributed by atoms with Crippen LogP contribution in [0.1, 0.15) is 283 Å². The molecule has 1 heterocycles. The quantitative estimate of drug-likeness (QED) is 0.0125. The summed E-state index contributed by atoms with van der Waals surface area (Å²) in [5.41, 5.74) is 17.8. The number of guanidine groups is 2. The zero-order chi connectivity index (χ0) is 63.8. The molecule has 0 bridgehead atoms. The number of hydrogen-bond donors (Lipinski definition) is 12. The van der Waals surface area contributed by atoms with Gasteiger partial charge >= 0.3 is 11.9 Å². The molecule has 0 saturated carbocycles. The lowest BCUT2D eigenvalue weighted by Gasteiger charge is -2.25. The molecule has 1 aromatic rings. The fourth-order valence-electron chi connectivity index (χ4n) is 10.8. The third-order valence-electron chi connectivity index (χ3n) is 16.1.